The number of aliphatic hydroxyl groups excluding tert-OH is 1. The second kappa shape index (κ2) is 12.2. The third-order valence-corrected chi connectivity index (χ3v) is 4.16. The Morgan fingerprint density at radius 2 is 1.77 bits per heavy atom. The number of hydrogen-bond donors (Lipinski definition) is 8. The number of nitrogens with one attached hydrogen (secondary N) is 4. The third kappa shape index (κ3) is 9.22. The quantitative estimate of drug-likeness (QED) is 0.149. The van der Waals surface area contributed by atoms with Crippen molar-refractivity contribution in [1.29, 1.82) is 0 Å². The van der Waals surface area contributed by atoms with Gasteiger partial charge in [0.05, 0.1) is 12.4 Å². The first kappa shape index (κ1) is 25.5. The predicted octanol–water partition coefficient (Wildman–Crippen LogP) is -3.90. The van der Waals surface area contributed by atoms with Crippen LogP contribution in [0.4, 0.5) is 0 Å². The number of aliphatic carboxylic acids is 1. The van der Waals surface area contributed by atoms with Gasteiger partial charge in [0.25, 0.3) is 0 Å². The molecule has 4 atom stereocenters. The number of carboxylic acid groups (broad SMARTS) is 1. The van der Waals surface area contributed by atoms with Gasteiger partial charge in [-0.25, -0.2) is 4.98 Å². The SMILES string of the molecule is CC(O)C(N)C(=O)NC(CCC(N)=O)C(=O)NC(Cc1cnc[nH]1)C(=O)NCC(=O)O. The van der Waals surface area contributed by atoms with E-state index in [-0.39, 0.29) is 19.3 Å². The van der Waals surface area contributed by atoms with Gasteiger partial charge in [-0.2, -0.15) is 0 Å². The molecule has 1 aromatic heterocycles. The molecule has 0 radical (unpaired) electrons. The van der Waals surface area contributed by atoms with E-state index >= 15 is 0 Å². The number of carbonyl (C=O) groups is 5. The maximum atomic E-state index is 12.8. The van der Waals surface area contributed by atoms with Crippen LogP contribution in [0.25, 0.3) is 0 Å². The molecule has 1 aromatic rings. The van der Waals surface area contributed by atoms with Crippen molar-refractivity contribution in [2.45, 2.75) is 50.4 Å². The van der Waals surface area contributed by atoms with Gasteiger partial charge in [0, 0.05) is 24.7 Å². The van der Waals surface area contributed by atoms with E-state index in [9.17, 15) is 29.1 Å². The summed E-state index contributed by atoms with van der Waals surface area (Å²) in [5, 5.41) is 25.1. The molecule has 172 valence electrons. The lowest BCUT2D eigenvalue weighted by Gasteiger charge is -2.24. The van der Waals surface area contributed by atoms with Crippen molar-refractivity contribution in [1.82, 2.24) is 25.9 Å². The molecule has 1 rings (SSSR count). The normalized spacial score (nSPS) is 14.5. The Morgan fingerprint density at radius 1 is 1.13 bits per heavy atom. The minimum absolute atomic E-state index is 0.0547. The molecule has 0 aromatic carbocycles. The van der Waals surface area contributed by atoms with Gasteiger partial charge in [-0.3, -0.25) is 24.0 Å². The van der Waals surface area contributed by atoms with Crippen LogP contribution in [0.5, 0.6) is 0 Å². The molecular weight excluding hydrogens is 414 g/mol. The van der Waals surface area contributed by atoms with Gasteiger partial charge >= 0.3 is 5.97 Å². The summed E-state index contributed by atoms with van der Waals surface area (Å²) in [6, 6.07) is -3.84. The summed E-state index contributed by atoms with van der Waals surface area (Å²) in [6.07, 6.45) is 1.08. The summed E-state index contributed by atoms with van der Waals surface area (Å²) in [6.45, 7) is 0.620. The van der Waals surface area contributed by atoms with Crippen molar-refractivity contribution in [3.8, 4) is 0 Å². The maximum absolute atomic E-state index is 12.8. The van der Waals surface area contributed by atoms with Crippen molar-refractivity contribution in [2.75, 3.05) is 6.54 Å². The molecule has 14 nitrogen and oxygen atoms in total. The molecule has 0 spiro atoms. The fourth-order valence-electron chi connectivity index (χ4n) is 2.43. The van der Waals surface area contributed by atoms with E-state index in [2.05, 4.69) is 25.9 Å². The first-order chi connectivity index (χ1) is 14.5. The molecule has 4 unspecified atom stereocenters. The fraction of sp³-hybridized carbons (Fsp3) is 0.529. The number of carbonyl (C=O) groups excluding carboxylic acids is 4. The van der Waals surface area contributed by atoms with E-state index in [1.165, 1.54) is 19.4 Å². The smallest absolute Gasteiger partial charge is 0.322 e. The number of nitrogens with zero attached hydrogens (tertiary/aromatic N) is 1. The van der Waals surface area contributed by atoms with Crippen LogP contribution in [0.2, 0.25) is 0 Å². The average Bonchev–Trinajstić information content (AvgIpc) is 3.20. The van der Waals surface area contributed by atoms with Crippen molar-refractivity contribution < 1.29 is 34.2 Å². The Balaban J connectivity index is 2.96. The zero-order chi connectivity index (χ0) is 23.6. The predicted molar refractivity (Wildman–Crippen MR) is 105 cm³/mol. The number of imidazole rings is 1. The molecule has 1 heterocycles. The highest BCUT2D eigenvalue weighted by molar-refractivity contribution is 5.94. The summed E-state index contributed by atoms with van der Waals surface area (Å²) >= 11 is 0. The minimum atomic E-state index is -1.33. The topological polar surface area (TPSA) is 243 Å². The third-order valence-electron chi connectivity index (χ3n) is 4.16. The molecule has 0 aliphatic carbocycles. The van der Waals surface area contributed by atoms with E-state index in [1.54, 1.807) is 0 Å². The van der Waals surface area contributed by atoms with Gasteiger partial charge < -0.3 is 42.6 Å². The van der Waals surface area contributed by atoms with Crippen molar-refractivity contribution in [2.24, 2.45) is 11.5 Å². The van der Waals surface area contributed by atoms with E-state index in [4.69, 9.17) is 16.6 Å². The number of aromatic amines is 1. The van der Waals surface area contributed by atoms with Crippen LogP contribution in [-0.2, 0) is 30.4 Å². The highest BCUT2D eigenvalue weighted by Gasteiger charge is 2.30. The first-order valence-electron chi connectivity index (χ1n) is 9.30. The molecule has 0 fully saturated rings. The number of primary amides is 1. The van der Waals surface area contributed by atoms with Gasteiger partial charge in [-0.05, 0) is 13.3 Å². The van der Waals surface area contributed by atoms with Crippen molar-refractivity contribution in [3.63, 3.8) is 0 Å². The Bertz CT molecular complexity index is 782. The van der Waals surface area contributed by atoms with Crippen LogP contribution in [0, 0.1) is 0 Å². The number of nitrogens with two attached hydrogens (primary N) is 2. The molecule has 0 aliphatic heterocycles. The first-order valence-corrected chi connectivity index (χ1v) is 9.30. The fourth-order valence-corrected chi connectivity index (χ4v) is 2.43. The minimum Gasteiger partial charge on any atom is -0.480 e. The van der Waals surface area contributed by atoms with Crippen molar-refractivity contribution >= 4 is 29.6 Å². The Morgan fingerprint density at radius 3 is 2.29 bits per heavy atom. The van der Waals surface area contributed by atoms with E-state index in [0.717, 1.165) is 0 Å². The number of H-pyrrole nitrogens is 1. The average molecular weight is 441 g/mol. The van der Waals surface area contributed by atoms with Crippen LogP contribution in [0.3, 0.4) is 0 Å². The molecule has 10 N–H and O–H groups in total. The summed E-state index contributed by atoms with van der Waals surface area (Å²) in [7, 11) is 0. The molecule has 31 heavy (non-hydrogen) atoms. The lowest BCUT2D eigenvalue weighted by Crippen LogP contribution is -2.57. The molecule has 0 aliphatic rings. The van der Waals surface area contributed by atoms with Crippen LogP contribution >= 0.6 is 0 Å². The highest BCUT2D eigenvalue weighted by atomic mass is 16.4. The number of amides is 4. The van der Waals surface area contributed by atoms with Crippen LogP contribution in [0.15, 0.2) is 12.5 Å². The molecule has 0 saturated carbocycles. The van der Waals surface area contributed by atoms with Gasteiger partial charge in [0.1, 0.15) is 24.7 Å². The van der Waals surface area contributed by atoms with Gasteiger partial charge in [0.2, 0.25) is 23.6 Å². The second-order valence-corrected chi connectivity index (χ2v) is 6.79. The van der Waals surface area contributed by atoms with Gasteiger partial charge in [-0.1, -0.05) is 0 Å². The van der Waals surface area contributed by atoms with Crippen LogP contribution in [-0.4, -0.2) is 80.6 Å². The Kier molecular flexibility index (Phi) is 10.1. The highest BCUT2D eigenvalue weighted by Crippen LogP contribution is 2.04. The number of aromatic nitrogens is 2. The summed E-state index contributed by atoms with van der Waals surface area (Å²) in [4.78, 5) is 65.7. The van der Waals surface area contributed by atoms with E-state index < -0.39 is 60.4 Å². The molecule has 0 bridgehead atoms. The number of carboxylic acids is 1. The zero-order valence-electron chi connectivity index (χ0n) is 16.8. The lowest BCUT2D eigenvalue weighted by molar-refractivity contribution is -0.138. The van der Waals surface area contributed by atoms with Gasteiger partial charge in [-0.15, -0.1) is 0 Å². The van der Waals surface area contributed by atoms with Crippen LogP contribution < -0.4 is 27.4 Å². The second-order valence-electron chi connectivity index (χ2n) is 6.79. The largest absolute Gasteiger partial charge is 0.480 e. The Hall–Kier alpha value is -3.52. The zero-order valence-corrected chi connectivity index (χ0v) is 16.8. The standard InChI is InChI=1S/C17H27N7O7/c1-8(25)14(19)17(31)23-10(2-3-12(18)26)16(30)24-11(4-9-5-20-7-22-9)15(29)21-6-13(27)28/h5,7-8,10-11,14,25H,2-4,6,19H2,1H3,(H2,18,26)(H,20,22)(H,21,29)(H,23,31)(H,24,30)(H,27,28). The summed E-state index contributed by atoms with van der Waals surface area (Å²) in [5.74, 6) is -4.47. The van der Waals surface area contributed by atoms with E-state index in [1.807, 2.05) is 0 Å². The monoisotopic (exact) mass is 441 g/mol. The molecular formula is C17H27N7O7. The van der Waals surface area contributed by atoms with Crippen molar-refractivity contribution in [3.05, 3.63) is 18.2 Å². The van der Waals surface area contributed by atoms with Crippen LogP contribution in [0.1, 0.15) is 25.5 Å². The Labute approximate surface area is 177 Å². The molecule has 4 amide bonds. The maximum Gasteiger partial charge on any atom is 0.322 e. The van der Waals surface area contributed by atoms with E-state index in [0.29, 0.717) is 5.69 Å². The number of rotatable bonds is 13. The summed E-state index contributed by atoms with van der Waals surface area (Å²) in [5.41, 5.74) is 11.1. The lowest BCUT2D eigenvalue weighted by atomic mass is 10.1. The molecule has 0 saturated heterocycles. The number of aliphatic hydroxyl groups is 1. The van der Waals surface area contributed by atoms with Gasteiger partial charge in [0.15, 0.2) is 0 Å². The summed E-state index contributed by atoms with van der Waals surface area (Å²) < 4.78 is 0. The number of hydrogen-bond acceptors (Lipinski definition) is 8. The molecule has 14 heteroatoms.